The Balaban J connectivity index is 0.00000126. The molecule has 2 aromatic rings. The van der Waals surface area contributed by atoms with E-state index in [0.717, 1.165) is 17.9 Å². The van der Waals surface area contributed by atoms with Gasteiger partial charge in [-0.05, 0) is 17.5 Å². The van der Waals surface area contributed by atoms with Crippen molar-refractivity contribution in [3.8, 4) is 0 Å². The van der Waals surface area contributed by atoms with Crippen molar-refractivity contribution < 1.29 is 13.6 Å². The van der Waals surface area contributed by atoms with Crippen molar-refractivity contribution in [3.63, 3.8) is 0 Å². The molecule has 27 heavy (non-hydrogen) atoms. The lowest BCUT2D eigenvalue weighted by atomic mass is 9.92. The second-order valence-electron chi connectivity index (χ2n) is 7.46. The summed E-state index contributed by atoms with van der Waals surface area (Å²) in [6, 6.07) is 3.05. The number of nitrogens with one attached hydrogen (secondary N) is 1. The van der Waals surface area contributed by atoms with Gasteiger partial charge in [-0.15, -0.1) is 0 Å². The fraction of sp³-hybridized carbons (Fsp3) is 0.500. The van der Waals surface area contributed by atoms with Crippen molar-refractivity contribution in [2.75, 3.05) is 16.8 Å². The first-order valence-corrected chi connectivity index (χ1v) is 9.56. The van der Waals surface area contributed by atoms with E-state index >= 15 is 0 Å². The van der Waals surface area contributed by atoms with E-state index < -0.39 is 5.82 Å². The molecule has 3 rings (SSSR count). The molecule has 1 aromatic heterocycles. The lowest BCUT2D eigenvalue weighted by molar-refractivity contribution is -0.117. The van der Waals surface area contributed by atoms with Crippen LogP contribution in [0.15, 0.2) is 22.9 Å². The largest absolute Gasteiger partial charge is 0.446 e. The van der Waals surface area contributed by atoms with Crippen LogP contribution in [0.2, 0.25) is 5.02 Å². The number of hydrogen-bond acceptors (Lipinski definition) is 4. The zero-order valence-electron chi connectivity index (χ0n) is 16.5. The van der Waals surface area contributed by atoms with Crippen LogP contribution >= 0.6 is 11.6 Å². The highest BCUT2D eigenvalue weighted by atomic mass is 35.5. The standard InChI is InChI=1S/C18H21ClFN3O2.C2H6/c1-18(2,3)8-16(24)22-17-12(19)6-11(7-13(17)20)23-5-4-14-15(9-23)25-10-21-14;1-2/h6-7,10H,4-5,8-9H2,1-3H3,(H,22,24);1-2H3. The number of rotatable bonds is 3. The molecule has 0 radical (unpaired) electrons. The molecule has 1 aromatic carbocycles. The molecular formula is C20H27ClFN3O2. The molecular weight excluding hydrogens is 369 g/mol. The van der Waals surface area contributed by atoms with E-state index in [2.05, 4.69) is 10.3 Å². The van der Waals surface area contributed by atoms with Gasteiger partial charge in [0.2, 0.25) is 5.91 Å². The molecule has 2 heterocycles. The summed E-state index contributed by atoms with van der Waals surface area (Å²) < 4.78 is 19.9. The number of nitrogens with zero attached hydrogens (tertiary/aromatic N) is 2. The van der Waals surface area contributed by atoms with Crippen molar-refractivity contribution in [2.24, 2.45) is 5.41 Å². The SMILES string of the molecule is CC.CC(C)(C)CC(=O)Nc1c(F)cc(N2CCc3ncoc3C2)cc1Cl. The summed E-state index contributed by atoms with van der Waals surface area (Å²) in [5, 5.41) is 2.76. The highest BCUT2D eigenvalue weighted by Gasteiger charge is 2.23. The zero-order chi connectivity index (χ0) is 20.2. The average molecular weight is 396 g/mol. The number of carbonyl (C=O) groups excluding carboxylic acids is 1. The van der Waals surface area contributed by atoms with Gasteiger partial charge < -0.3 is 14.6 Å². The van der Waals surface area contributed by atoms with Gasteiger partial charge in [0.25, 0.3) is 0 Å². The van der Waals surface area contributed by atoms with Gasteiger partial charge in [0.1, 0.15) is 11.6 Å². The van der Waals surface area contributed by atoms with Crippen LogP contribution < -0.4 is 10.2 Å². The van der Waals surface area contributed by atoms with Gasteiger partial charge in [-0.25, -0.2) is 9.37 Å². The van der Waals surface area contributed by atoms with Crippen molar-refractivity contribution in [3.05, 3.63) is 40.8 Å². The minimum absolute atomic E-state index is 0.0250. The summed E-state index contributed by atoms with van der Waals surface area (Å²) in [6.45, 7) is 11.1. The lowest BCUT2D eigenvalue weighted by Crippen LogP contribution is -2.30. The molecule has 5 nitrogen and oxygen atoms in total. The third kappa shape index (κ3) is 5.45. The Morgan fingerprint density at radius 3 is 2.70 bits per heavy atom. The third-order valence-corrected chi connectivity index (χ3v) is 4.32. The maximum atomic E-state index is 14.5. The van der Waals surface area contributed by atoms with E-state index in [4.69, 9.17) is 16.0 Å². The number of carbonyl (C=O) groups is 1. The number of benzene rings is 1. The first kappa shape index (κ1) is 21.2. The van der Waals surface area contributed by atoms with Crippen LogP contribution in [0.3, 0.4) is 0 Å². The van der Waals surface area contributed by atoms with Crippen LogP contribution in [0, 0.1) is 11.2 Å². The summed E-state index contributed by atoms with van der Waals surface area (Å²) in [7, 11) is 0. The van der Waals surface area contributed by atoms with Crippen LogP contribution in [0.1, 0.15) is 52.5 Å². The summed E-state index contributed by atoms with van der Waals surface area (Å²) in [6.07, 6.45) is 2.44. The van der Waals surface area contributed by atoms with Crippen LogP contribution in [0.5, 0.6) is 0 Å². The summed E-state index contributed by atoms with van der Waals surface area (Å²) in [5.41, 5.74) is 1.43. The van der Waals surface area contributed by atoms with Crippen LogP contribution in [-0.2, 0) is 17.8 Å². The molecule has 0 unspecified atom stereocenters. The fourth-order valence-electron chi connectivity index (χ4n) is 2.87. The summed E-state index contributed by atoms with van der Waals surface area (Å²) in [5.74, 6) is -0.0243. The molecule has 0 spiro atoms. The van der Waals surface area contributed by atoms with Gasteiger partial charge in [-0.2, -0.15) is 0 Å². The first-order chi connectivity index (χ1) is 12.7. The molecule has 0 saturated carbocycles. The zero-order valence-corrected chi connectivity index (χ0v) is 17.3. The maximum absolute atomic E-state index is 14.5. The lowest BCUT2D eigenvalue weighted by Gasteiger charge is -2.28. The average Bonchev–Trinajstić information content (AvgIpc) is 3.06. The smallest absolute Gasteiger partial charge is 0.225 e. The Bertz CT molecular complexity index is 776. The summed E-state index contributed by atoms with van der Waals surface area (Å²) >= 11 is 6.23. The second kappa shape index (κ2) is 8.74. The number of halogens is 2. The quantitative estimate of drug-likeness (QED) is 0.752. The molecule has 148 valence electrons. The normalized spacial score (nSPS) is 13.5. The summed E-state index contributed by atoms with van der Waals surface area (Å²) in [4.78, 5) is 18.2. The molecule has 1 aliphatic rings. The van der Waals surface area contributed by atoms with Gasteiger partial charge in [-0.3, -0.25) is 4.79 Å². The number of amides is 1. The van der Waals surface area contributed by atoms with Gasteiger partial charge >= 0.3 is 0 Å². The second-order valence-corrected chi connectivity index (χ2v) is 7.87. The highest BCUT2D eigenvalue weighted by Crippen LogP contribution is 2.33. The highest BCUT2D eigenvalue weighted by molar-refractivity contribution is 6.34. The Hall–Kier alpha value is -2.08. The predicted molar refractivity (Wildman–Crippen MR) is 107 cm³/mol. The minimum atomic E-state index is -0.548. The molecule has 1 N–H and O–H groups in total. The molecule has 0 bridgehead atoms. The molecule has 1 amide bonds. The number of anilines is 2. The van der Waals surface area contributed by atoms with Gasteiger partial charge in [-0.1, -0.05) is 46.2 Å². The van der Waals surface area contributed by atoms with Crippen LogP contribution in [0.4, 0.5) is 15.8 Å². The van der Waals surface area contributed by atoms with Gasteiger partial charge in [0, 0.05) is 25.1 Å². The Labute approximate surface area is 164 Å². The molecule has 0 fully saturated rings. The van der Waals surface area contributed by atoms with Crippen molar-refractivity contribution in [1.82, 2.24) is 4.98 Å². The van der Waals surface area contributed by atoms with E-state index in [-0.39, 0.29) is 28.5 Å². The number of oxazole rings is 1. The fourth-order valence-corrected chi connectivity index (χ4v) is 3.12. The molecule has 0 aliphatic carbocycles. The molecule has 0 atom stereocenters. The minimum Gasteiger partial charge on any atom is -0.446 e. The van der Waals surface area contributed by atoms with E-state index in [1.54, 1.807) is 6.07 Å². The monoisotopic (exact) mass is 395 g/mol. The topological polar surface area (TPSA) is 58.4 Å². The predicted octanol–water partition coefficient (Wildman–Crippen LogP) is 5.43. The van der Waals surface area contributed by atoms with E-state index in [0.29, 0.717) is 18.8 Å². The maximum Gasteiger partial charge on any atom is 0.225 e. The number of aromatic nitrogens is 1. The van der Waals surface area contributed by atoms with Gasteiger partial charge in [0.05, 0.1) is 22.9 Å². The van der Waals surface area contributed by atoms with Crippen molar-refractivity contribution >= 4 is 28.9 Å². The van der Waals surface area contributed by atoms with Crippen LogP contribution in [-0.4, -0.2) is 17.4 Å². The molecule has 1 aliphatic heterocycles. The Morgan fingerprint density at radius 1 is 1.37 bits per heavy atom. The van der Waals surface area contributed by atoms with Crippen molar-refractivity contribution in [1.29, 1.82) is 0 Å². The first-order valence-electron chi connectivity index (χ1n) is 9.18. The van der Waals surface area contributed by atoms with E-state index in [9.17, 15) is 9.18 Å². The van der Waals surface area contributed by atoms with Crippen LogP contribution in [0.25, 0.3) is 0 Å². The Morgan fingerprint density at radius 2 is 2.07 bits per heavy atom. The number of fused-ring (bicyclic) bond motifs is 1. The van der Waals surface area contributed by atoms with Gasteiger partial charge in [0.15, 0.2) is 6.39 Å². The van der Waals surface area contributed by atoms with Crippen molar-refractivity contribution in [2.45, 2.75) is 54.0 Å². The number of hydrogen-bond donors (Lipinski definition) is 1. The third-order valence-electron chi connectivity index (χ3n) is 4.03. The van der Waals surface area contributed by atoms with E-state index in [1.165, 1.54) is 12.5 Å². The Kier molecular flexibility index (Phi) is 6.87. The molecule has 0 saturated heterocycles. The van der Waals surface area contributed by atoms with E-state index in [1.807, 2.05) is 39.5 Å². The molecule has 7 heteroatoms.